The predicted molar refractivity (Wildman–Crippen MR) is 98.3 cm³/mol. The van der Waals surface area contributed by atoms with Gasteiger partial charge in [-0.15, -0.1) is 0 Å². The molecule has 0 bridgehead atoms. The number of aromatic nitrogens is 2. The molecule has 6 heteroatoms. The average molecular weight is 341 g/mol. The summed E-state index contributed by atoms with van der Waals surface area (Å²) in [5, 5.41) is 11.8. The summed E-state index contributed by atoms with van der Waals surface area (Å²) in [4.78, 5) is 23.1. The third-order valence-electron chi connectivity index (χ3n) is 4.33. The fourth-order valence-corrected chi connectivity index (χ4v) is 3.03. The quantitative estimate of drug-likeness (QED) is 0.790. The topological polar surface area (TPSA) is 81.9 Å². The van der Waals surface area contributed by atoms with Crippen molar-refractivity contribution in [3.63, 3.8) is 0 Å². The number of nitrogens with zero attached hydrogens (tertiary/aromatic N) is 4. The number of nitriles is 1. The second kappa shape index (κ2) is 6.65. The molecule has 2 heterocycles. The van der Waals surface area contributed by atoms with Crippen LogP contribution in [0.1, 0.15) is 21.6 Å². The van der Waals surface area contributed by atoms with Crippen LogP contribution in [0.25, 0.3) is 0 Å². The second-order valence-electron chi connectivity index (χ2n) is 5.90. The van der Waals surface area contributed by atoms with Crippen molar-refractivity contribution in [1.82, 2.24) is 9.97 Å². The van der Waals surface area contributed by atoms with Crippen LogP contribution in [-0.2, 0) is 6.42 Å². The van der Waals surface area contributed by atoms with Crippen LogP contribution in [0, 0.1) is 11.3 Å². The first-order chi connectivity index (χ1) is 12.8. The maximum absolute atomic E-state index is 12.4. The number of fused-ring (bicyclic) bond motifs is 1. The lowest BCUT2D eigenvalue weighted by atomic mass is 10.2. The Morgan fingerprint density at radius 1 is 1.08 bits per heavy atom. The van der Waals surface area contributed by atoms with Gasteiger partial charge in [-0.05, 0) is 30.2 Å². The number of carbonyl (C=O) groups is 1. The molecule has 1 aliphatic rings. The molecule has 1 aliphatic heterocycles. The lowest BCUT2D eigenvalue weighted by Gasteiger charge is -2.17. The van der Waals surface area contributed by atoms with Gasteiger partial charge in [-0.1, -0.05) is 30.3 Å². The van der Waals surface area contributed by atoms with Crippen LogP contribution >= 0.6 is 0 Å². The van der Waals surface area contributed by atoms with E-state index in [4.69, 9.17) is 5.26 Å². The van der Waals surface area contributed by atoms with Gasteiger partial charge in [0.15, 0.2) is 5.82 Å². The summed E-state index contributed by atoms with van der Waals surface area (Å²) >= 11 is 0. The molecule has 0 spiro atoms. The minimum atomic E-state index is -0.395. The van der Waals surface area contributed by atoms with Crippen LogP contribution in [-0.4, -0.2) is 22.4 Å². The molecule has 6 nitrogen and oxygen atoms in total. The number of amides is 1. The Labute approximate surface area is 150 Å². The summed E-state index contributed by atoms with van der Waals surface area (Å²) in [6, 6.07) is 17.1. The Hall–Kier alpha value is -3.72. The summed E-state index contributed by atoms with van der Waals surface area (Å²) in [5.74, 6) is 0.317. The Bertz CT molecular complexity index is 1010. The van der Waals surface area contributed by atoms with E-state index in [0.29, 0.717) is 17.1 Å². The highest BCUT2D eigenvalue weighted by molar-refractivity contribution is 6.03. The number of nitrogens with one attached hydrogen (secondary N) is 1. The first-order valence-electron chi connectivity index (χ1n) is 8.24. The van der Waals surface area contributed by atoms with E-state index >= 15 is 0 Å². The van der Waals surface area contributed by atoms with Gasteiger partial charge in [-0.3, -0.25) is 4.79 Å². The average Bonchev–Trinajstić information content (AvgIpc) is 3.12. The van der Waals surface area contributed by atoms with Crippen molar-refractivity contribution in [3.8, 4) is 6.07 Å². The van der Waals surface area contributed by atoms with E-state index in [1.807, 2.05) is 12.1 Å². The van der Waals surface area contributed by atoms with Gasteiger partial charge in [-0.2, -0.15) is 5.26 Å². The zero-order valence-electron chi connectivity index (χ0n) is 13.9. The molecule has 0 fully saturated rings. The Kier molecular flexibility index (Phi) is 4.04. The monoisotopic (exact) mass is 341 g/mol. The molecule has 0 aliphatic carbocycles. The molecule has 26 heavy (non-hydrogen) atoms. The molecule has 1 amide bonds. The molecule has 1 N–H and O–H groups in total. The van der Waals surface area contributed by atoms with Crippen molar-refractivity contribution in [3.05, 3.63) is 77.7 Å². The van der Waals surface area contributed by atoms with E-state index in [1.165, 1.54) is 11.8 Å². The van der Waals surface area contributed by atoms with E-state index in [9.17, 15) is 4.79 Å². The lowest BCUT2D eigenvalue weighted by molar-refractivity contribution is 0.102. The number of anilines is 3. The standard InChI is InChI=1S/C20H15N5O/c21-11-15-6-1-3-7-16(15)24-20(26)17-12-23-19(13-22-17)25-10-9-14-5-2-4-8-18(14)25/h1-8,12-13H,9-10H2,(H,24,26). The van der Waals surface area contributed by atoms with Crippen molar-refractivity contribution in [2.24, 2.45) is 0 Å². The van der Waals surface area contributed by atoms with Crippen molar-refractivity contribution in [2.45, 2.75) is 6.42 Å². The number of carbonyl (C=O) groups excluding carboxylic acids is 1. The highest BCUT2D eigenvalue weighted by Crippen LogP contribution is 2.32. The van der Waals surface area contributed by atoms with Crippen molar-refractivity contribution in [2.75, 3.05) is 16.8 Å². The fraction of sp³-hybridized carbons (Fsp3) is 0.100. The van der Waals surface area contributed by atoms with Crippen molar-refractivity contribution in [1.29, 1.82) is 5.26 Å². The van der Waals surface area contributed by atoms with Crippen molar-refractivity contribution >= 4 is 23.1 Å². The molecule has 0 saturated carbocycles. The van der Waals surface area contributed by atoms with Crippen LogP contribution in [0.15, 0.2) is 60.9 Å². The van der Waals surface area contributed by atoms with E-state index in [0.717, 1.165) is 18.7 Å². The minimum absolute atomic E-state index is 0.203. The van der Waals surface area contributed by atoms with Crippen LogP contribution in [0.2, 0.25) is 0 Å². The Morgan fingerprint density at radius 3 is 2.69 bits per heavy atom. The molecule has 3 aromatic rings. The third-order valence-corrected chi connectivity index (χ3v) is 4.33. The predicted octanol–water partition coefficient (Wildman–Crippen LogP) is 3.29. The number of rotatable bonds is 3. The van der Waals surface area contributed by atoms with E-state index < -0.39 is 5.91 Å². The Morgan fingerprint density at radius 2 is 1.88 bits per heavy atom. The number of hydrogen-bond acceptors (Lipinski definition) is 5. The molecule has 126 valence electrons. The van der Waals surface area contributed by atoms with Gasteiger partial charge in [0.2, 0.25) is 0 Å². The molecular weight excluding hydrogens is 326 g/mol. The van der Waals surface area contributed by atoms with E-state index in [1.54, 1.807) is 30.5 Å². The number of benzene rings is 2. The second-order valence-corrected chi connectivity index (χ2v) is 5.90. The van der Waals surface area contributed by atoms with Crippen LogP contribution in [0.3, 0.4) is 0 Å². The molecule has 4 rings (SSSR count). The zero-order valence-corrected chi connectivity index (χ0v) is 13.9. The summed E-state index contributed by atoms with van der Waals surface area (Å²) in [5.41, 5.74) is 3.47. The van der Waals surface area contributed by atoms with Crippen molar-refractivity contribution < 1.29 is 4.79 Å². The van der Waals surface area contributed by atoms with E-state index in [2.05, 4.69) is 38.4 Å². The zero-order chi connectivity index (χ0) is 17.9. The summed E-state index contributed by atoms with van der Waals surface area (Å²) in [7, 11) is 0. The molecule has 2 aromatic carbocycles. The first-order valence-corrected chi connectivity index (χ1v) is 8.24. The lowest BCUT2D eigenvalue weighted by Crippen LogP contribution is -2.18. The summed E-state index contributed by atoms with van der Waals surface area (Å²) in [6.07, 6.45) is 4.03. The van der Waals surface area contributed by atoms with Crippen LogP contribution < -0.4 is 10.2 Å². The smallest absolute Gasteiger partial charge is 0.275 e. The van der Waals surface area contributed by atoms with Gasteiger partial charge in [-0.25, -0.2) is 9.97 Å². The van der Waals surface area contributed by atoms with Gasteiger partial charge < -0.3 is 10.2 Å². The van der Waals surface area contributed by atoms with Gasteiger partial charge >= 0.3 is 0 Å². The highest BCUT2D eigenvalue weighted by atomic mass is 16.1. The SMILES string of the molecule is N#Cc1ccccc1NC(=O)c1cnc(N2CCc3ccccc32)cn1. The highest BCUT2D eigenvalue weighted by Gasteiger charge is 2.21. The molecule has 1 aromatic heterocycles. The van der Waals surface area contributed by atoms with Gasteiger partial charge in [0.05, 0.1) is 23.6 Å². The molecule has 0 radical (unpaired) electrons. The molecule has 0 atom stereocenters. The summed E-state index contributed by atoms with van der Waals surface area (Å²) < 4.78 is 0. The largest absolute Gasteiger partial charge is 0.325 e. The van der Waals surface area contributed by atoms with Gasteiger partial charge in [0.25, 0.3) is 5.91 Å². The van der Waals surface area contributed by atoms with E-state index in [-0.39, 0.29) is 5.69 Å². The third kappa shape index (κ3) is 2.87. The maximum atomic E-state index is 12.4. The minimum Gasteiger partial charge on any atom is -0.325 e. The first kappa shape index (κ1) is 15.8. The van der Waals surface area contributed by atoms with Gasteiger partial charge in [0.1, 0.15) is 11.8 Å². The van der Waals surface area contributed by atoms with Gasteiger partial charge in [0, 0.05) is 12.2 Å². The number of hydrogen-bond donors (Lipinski definition) is 1. The molecule has 0 saturated heterocycles. The van der Waals surface area contributed by atoms with Crippen LogP contribution in [0.5, 0.6) is 0 Å². The normalized spacial score (nSPS) is 12.3. The molecule has 0 unspecified atom stereocenters. The fourth-order valence-electron chi connectivity index (χ4n) is 3.03. The molecular formula is C20H15N5O. The van der Waals surface area contributed by atoms with Crippen LogP contribution in [0.4, 0.5) is 17.2 Å². The Balaban J connectivity index is 1.53. The number of para-hydroxylation sites is 2. The maximum Gasteiger partial charge on any atom is 0.275 e. The summed E-state index contributed by atoms with van der Waals surface area (Å²) in [6.45, 7) is 0.842.